The maximum Gasteiger partial charge on any atom is 0.435 e. The molecule has 0 aliphatic heterocycles. The van der Waals surface area contributed by atoms with Crippen molar-refractivity contribution in [2.45, 2.75) is 58.2 Å². The number of hydrogen-bond donors (Lipinski definition) is 1. The number of carboxylic acid groups (broad SMARTS) is 1. The summed E-state index contributed by atoms with van der Waals surface area (Å²) in [5.41, 5.74) is -2.32. The standard InChI is InChI=1S/C12H18F3N3O2/c1-2-3-4-5-6-7-8-18-10(12(13,14)15)9(11(19)20)16-17-18/h2-8H2,1H3,(H,19,20). The Morgan fingerprint density at radius 2 is 1.80 bits per heavy atom. The lowest BCUT2D eigenvalue weighted by atomic mass is 10.1. The van der Waals surface area contributed by atoms with E-state index in [4.69, 9.17) is 5.11 Å². The fourth-order valence-corrected chi connectivity index (χ4v) is 1.94. The summed E-state index contributed by atoms with van der Waals surface area (Å²) in [6.07, 6.45) is 0.772. The van der Waals surface area contributed by atoms with Crippen LogP contribution in [0.1, 0.15) is 61.6 Å². The van der Waals surface area contributed by atoms with Crippen molar-refractivity contribution in [2.75, 3.05) is 0 Å². The number of halogens is 3. The van der Waals surface area contributed by atoms with Crippen molar-refractivity contribution in [3.63, 3.8) is 0 Å². The summed E-state index contributed by atoms with van der Waals surface area (Å²) < 4.78 is 39.1. The van der Waals surface area contributed by atoms with Crippen molar-refractivity contribution in [3.05, 3.63) is 11.4 Å². The Bertz CT molecular complexity index is 444. The van der Waals surface area contributed by atoms with E-state index in [1.54, 1.807) is 0 Å². The van der Waals surface area contributed by atoms with Gasteiger partial charge in [-0.25, -0.2) is 9.48 Å². The molecule has 1 heterocycles. The number of unbranched alkanes of at least 4 members (excludes halogenated alkanes) is 5. The van der Waals surface area contributed by atoms with E-state index in [0.29, 0.717) is 11.1 Å². The molecule has 0 bridgehead atoms. The van der Waals surface area contributed by atoms with Gasteiger partial charge in [-0.05, 0) is 6.42 Å². The lowest BCUT2D eigenvalue weighted by Gasteiger charge is -2.09. The molecule has 0 spiro atoms. The molecule has 5 nitrogen and oxygen atoms in total. The first-order chi connectivity index (χ1) is 9.38. The Morgan fingerprint density at radius 1 is 1.20 bits per heavy atom. The lowest BCUT2D eigenvalue weighted by molar-refractivity contribution is -0.144. The number of nitrogens with zero attached hydrogens (tertiary/aromatic N) is 3. The van der Waals surface area contributed by atoms with E-state index in [0.717, 1.165) is 32.1 Å². The number of aromatic nitrogens is 3. The van der Waals surface area contributed by atoms with Crippen molar-refractivity contribution in [1.29, 1.82) is 0 Å². The third kappa shape index (κ3) is 4.50. The van der Waals surface area contributed by atoms with E-state index in [1.165, 1.54) is 0 Å². The predicted molar refractivity (Wildman–Crippen MR) is 65.4 cm³/mol. The van der Waals surface area contributed by atoms with Crippen LogP contribution in [0, 0.1) is 0 Å². The maximum atomic E-state index is 12.8. The fourth-order valence-electron chi connectivity index (χ4n) is 1.94. The molecule has 0 saturated carbocycles. The van der Waals surface area contributed by atoms with Crippen LogP contribution < -0.4 is 0 Å². The highest BCUT2D eigenvalue weighted by Crippen LogP contribution is 2.31. The van der Waals surface area contributed by atoms with E-state index >= 15 is 0 Å². The molecule has 0 radical (unpaired) electrons. The summed E-state index contributed by atoms with van der Waals surface area (Å²) in [5.74, 6) is -1.72. The van der Waals surface area contributed by atoms with Gasteiger partial charge < -0.3 is 5.11 Å². The van der Waals surface area contributed by atoms with Crippen molar-refractivity contribution in [1.82, 2.24) is 15.0 Å². The van der Waals surface area contributed by atoms with E-state index in [-0.39, 0.29) is 6.54 Å². The zero-order valence-corrected chi connectivity index (χ0v) is 11.3. The molecule has 1 aromatic rings. The number of rotatable bonds is 8. The van der Waals surface area contributed by atoms with Crippen LogP contribution in [0.2, 0.25) is 0 Å². The van der Waals surface area contributed by atoms with Gasteiger partial charge in [-0.15, -0.1) is 5.10 Å². The highest BCUT2D eigenvalue weighted by atomic mass is 19.4. The van der Waals surface area contributed by atoms with E-state index in [1.807, 2.05) is 0 Å². The average Bonchev–Trinajstić information content (AvgIpc) is 2.77. The Kier molecular flexibility index (Phi) is 5.97. The topological polar surface area (TPSA) is 68.0 Å². The third-order valence-corrected chi connectivity index (χ3v) is 2.93. The molecule has 8 heteroatoms. The molecular formula is C12H18F3N3O2. The molecule has 1 aromatic heterocycles. The normalized spacial score (nSPS) is 11.8. The zero-order chi connectivity index (χ0) is 15.2. The summed E-state index contributed by atoms with van der Waals surface area (Å²) in [6, 6.07) is 0. The third-order valence-electron chi connectivity index (χ3n) is 2.93. The van der Waals surface area contributed by atoms with Gasteiger partial charge in [-0.1, -0.05) is 44.2 Å². The second kappa shape index (κ2) is 7.25. The van der Waals surface area contributed by atoms with Crippen molar-refractivity contribution in [3.8, 4) is 0 Å². The Labute approximate surface area is 114 Å². The van der Waals surface area contributed by atoms with Crippen LogP contribution >= 0.6 is 0 Å². The highest BCUT2D eigenvalue weighted by molar-refractivity contribution is 5.86. The van der Waals surface area contributed by atoms with Gasteiger partial charge in [0.15, 0.2) is 5.69 Å². The number of hydrogen-bond acceptors (Lipinski definition) is 3. The Morgan fingerprint density at radius 3 is 2.35 bits per heavy atom. The monoisotopic (exact) mass is 293 g/mol. The predicted octanol–water partition coefficient (Wildman–Crippen LogP) is 3.36. The number of alkyl halides is 3. The van der Waals surface area contributed by atoms with Gasteiger partial charge >= 0.3 is 12.1 Å². The molecule has 114 valence electrons. The van der Waals surface area contributed by atoms with Crippen molar-refractivity contribution < 1.29 is 23.1 Å². The van der Waals surface area contributed by atoms with Crippen LogP contribution in [0.4, 0.5) is 13.2 Å². The van der Waals surface area contributed by atoms with Crippen LogP contribution in [0.15, 0.2) is 0 Å². The number of carboxylic acids is 1. The van der Waals surface area contributed by atoms with Gasteiger partial charge in [0.2, 0.25) is 5.69 Å². The quantitative estimate of drug-likeness (QED) is 0.746. The minimum Gasteiger partial charge on any atom is -0.476 e. The number of aryl methyl sites for hydroxylation is 1. The molecule has 0 amide bonds. The SMILES string of the molecule is CCCCCCCCn1nnc(C(=O)O)c1C(F)(F)F. The largest absolute Gasteiger partial charge is 0.476 e. The molecule has 0 aliphatic carbocycles. The summed E-state index contributed by atoms with van der Waals surface area (Å²) in [4.78, 5) is 10.7. The van der Waals surface area contributed by atoms with Crippen LogP contribution in [-0.2, 0) is 12.7 Å². The first-order valence-electron chi connectivity index (χ1n) is 6.62. The van der Waals surface area contributed by atoms with Crippen LogP contribution in [0.5, 0.6) is 0 Å². The van der Waals surface area contributed by atoms with Gasteiger partial charge in [0.25, 0.3) is 0 Å². The summed E-state index contributed by atoms with van der Waals surface area (Å²) >= 11 is 0. The zero-order valence-electron chi connectivity index (χ0n) is 11.3. The molecule has 20 heavy (non-hydrogen) atoms. The van der Waals surface area contributed by atoms with Crippen LogP contribution in [-0.4, -0.2) is 26.1 Å². The lowest BCUT2D eigenvalue weighted by Crippen LogP contribution is -2.18. The van der Waals surface area contributed by atoms with Crippen LogP contribution in [0.3, 0.4) is 0 Å². The van der Waals surface area contributed by atoms with E-state index in [9.17, 15) is 18.0 Å². The maximum absolute atomic E-state index is 12.8. The molecule has 1 N–H and O–H groups in total. The summed E-state index contributed by atoms with van der Waals surface area (Å²) in [5, 5.41) is 15.1. The van der Waals surface area contributed by atoms with Gasteiger partial charge in [0.05, 0.1) is 0 Å². The Balaban J connectivity index is 2.64. The van der Waals surface area contributed by atoms with Gasteiger partial charge in [0.1, 0.15) is 0 Å². The molecular weight excluding hydrogens is 275 g/mol. The first-order valence-corrected chi connectivity index (χ1v) is 6.62. The second-order valence-corrected chi connectivity index (χ2v) is 4.58. The van der Waals surface area contributed by atoms with E-state index < -0.39 is 23.5 Å². The molecule has 0 aromatic carbocycles. The van der Waals surface area contributed by atoms with Crippen LogP contribution in [0.25, 0.3) is 0 Å². The first kappa shape index (κ1) is 16.5. The number of carbonyl (C=O) groups is 1. The number of aromatic carboxylic acids is 1. The molecule has 1 rings (SSSR count). The molecule has 0 saturated heterocycles. The molecule has 0 unspecified atom stereocenters. The van der Waals surface area contributed by atoms with Gasteiger partial charge in [-0.2, -0.15) is 13.2 Å². The molecule has 0 atom stereocenters. The summed E-state index contributed by atoms with van der Waals surface area (Å²) in [7, 11) is 0. The molecule has 0 fully saturated rings. The van der Waals surface area contributed by atoms with Gasteiger partial charge in [-0.3, -0.25) is 0 Å². The average molecular weight is 293 g/mol. The minimum absolute atomic E-state index is 0.0290. The van der Waals surface area contributed by atoms with E-state index in [2.05, 4.69) is 17.2 Å². The Hall–Kier alpha value is -1.60. The van der Waals surface area contributed by atoms with Crippen molar-refractivity contribution in [2.24, 2.45) is 0 Å². The summed E-state index contributed by atoms with van der Waals surface area (Å²) in [6.45, 7) is 2.11. The highest BCUT2D eigenvalue weighted by Gasteiger charge is 2.41. The van der Waals surface area contributed by atoms with Crippen molar-refractivity contribution >= 4 is 5.97 Å². The van der Waals surface area contributed by atoms with Gasteiger partial charge in [0, 0.05) is 6.54 Å². The minimum atomic E-state index is -4.76. The second-order valence-electron chi connectivity index (χ2n) is 4.58. The fraction of sp³-hybridized carbons (Fsp3) is 0.750. The smallest absolute Gasteiger partial charge is 0.435 e. The molecule has 0 aliphatic rings.